The molecule has 1 aromatic heterocycles. The topological polar surface area (TPSA) is 42.4 Å². The van der Waals surface area contributed by atoms with E-state index in [2.05, 4.69) is 4.98 Å². The molecule has 1 aliphatic heterocycles. The lowest BCUT2D eigenvalue weighted by atomic mass is 10.1. The van der Waals surface area contributed by atoms with Crippen LogP contribution < -0.4 is 9.64 Å². The predicted molar refractivity (Wildman–Crippen MR) is 82.3 cm³/mol. The first-order valence-electron chi connectivity index (χ1n) is 7.78. The highest BCUT2D eigenvalue weighted by molar-refractivity contribution is 5.95. The SMILES string of the molecule is O=C1CCCN1c1cccc(Oc2cc(C(F)(F)F)c(C(F)(F)F)cn2)c1. The quantitative estimate of drug-likeness (QED) is 0.690. The Labute approximate surface area is 149 Å². The third-order valence-corrected chi connectivity index (χ3v) is 3.91. The molecule has 1 amide bonds. The summed E-state index contributed by atoms with van der Waals surface area (Å²) in [5.41, 5.74) is -3.29. The highest BCUT2D eigenvalue weighted by Crippen LogP contribution is 2.41. The first-order chi connectivity index (χ1) is 12.6. The van der Waals surface area contributed by atoms with Crippen molar-refractivity contribution in [3.05, 3.63) is 47.7 Å². The summed E-state index contributed by atoms with van der Waals surface area (Å²) in [5.74, 6) is -0.688. The molecule has 0 bridgehead atoms. The zero-order valence-corrected chi connectivity index (χ0v) is 13.6. The highest BCUT2D eigenvalue weighted by Gasteiger charge is 2.43. The van der Waals surface area contributed by atoms with E-state index in [4.69, 9.17) is 4.74 Å². The van der Waals surface area contributed by atoms with Gasteiger partial charge in [0.1, 0.15) is 5.75 Å². The van der Waals surface area contributed by atoms with E-state index in [9.17, 15) is 31.1 Å². The van der Waals surface area contributed by atoms with Crippen LogP contribution in [-0.4, -0.2) is 17.4 Å². The predicted octanol–water partition coefficient (Wildman–Crippen LogP) is 5.04. The Morgan fingerprint density at radius 3 is 2.30 bits per heavy atom. The van der Waals surface area contributed by atoms with Gasteiger partial charge in [-0.1, -0.05) is 6.07 Å². The van der Waals surface area contributed by atoms with Crippen LogP contribution in [0.3, 0.4) is 0 Å². The first-order valence-corrected chi connectivity index (χ1v) is 7.78. The summed E-state index contributed by atoms with van der Waals surface area (Å²) in [6.07, 6.45) is -9.27. The first kappa shape index (κ1) is 19.0. The molecule has 1 aliphatic rings. The number of pyridine rings is 1. The Balaban J connectivity index is 1.91. The number of carbonyl (C=O) groups is 1. The van der Waals surface area contributed by atoms with Gasteiger partial charge in [0, 0.05) is 37.0 Å². The number of alkyl halides is 6. The van der Waals surface area contributed by atoms with E-state index in [0.29, 0.717) is 25.1 Å². The van der Waals surface area contributed by atoms with Gasteiger partial charge >= 0.3 is 12.4 Å². The van der Waals surface area contributed by atoms with Crippen molar-refractivity contribution in [3.8, 4) is 11.6 Å². The molecular formula is C17H12F6N2O2. The van der Waals surface area contributed by atoms with Gasteiger partial charge in [-0.25, -0.2) is 4.98 Å². The molecule has 2 heterocycles. The maximum Gasteiger partial charge on any atom is 0.418 e. The molecule has 27 heavy (non-hydrogen) atoms. The van der Waals surface area contributed by atoms with E-state index < -0.39 is 29.4 Å². The van der Waals surface area contributed by atoms with Crippen LogP contribution in [0.1, 0.15) is 24.0 Å². The van der Waals surface area contributed by atoms with Crippen LogP contribution >= 0.6 is 0 Å². The molecule has 144 valence electrons. The van der Waals surface area contributed by atoms with Crippen molar-refractivity contribution in [2.24, 2.45) is 0 Å². The molecule has 0 saturated carbocycles. The van der Waals surface area contributed by atoms with Crippen LogP contribution in [0.2, 0.25) is 0 Å². The summed E-state index contributed by atoms with van der Waals surface area (Å²) in [6, 6.07) is 6.16. The largest absolute Gasteiger partial charge is 0.439 e. The lowest BCUT2D eigenvalue weighted by Crippen LogP contribution is -2.23. The minimum Gasteiger partial charge on any atom is -0.439 e. The zero-order chi connectivity index (χ0) is 19.8. The molecule has 0 spiro atoms. The third-order valence-electron chi connectivity index (χ3n) is 3.91. The summed E-state index contributed by atoms with van der Waals surface area (Å²) in [6.45, 7) is 0.499. The van der Waals surface area contributed by atoms with Crippen molar-refractivity contribution in [1.29, 1.82) is 0 Å². The molecular weight excluding hydrogens is 378 g/mol. The van der Waals surface area contributed by atoms with Gasteiger partial charge < -0.3 is 9.64 Å². The van der Waals surface area contributed by atoms with Crippen molar-refractivity contribution >= 4 is 11.6 Å². The second kappa shape index (κ2) is 6.75. The van der Waals surface area contributed by atoms with E-state index in [1.165, 1.54) is 23.1 Å². The number of nitrogens with zero attached hydrogens (tertiary/aromatic N) is 2. The molecule has 0 radical (unpaired) electrons. The summed E-state index contributed by atoms with van der Waals surface area (Å²) in [5, 5.41) is 0. The van der Waals surface area contributed by atoms with Gasteiger partial charge in [-0.3, -0.25) is 4.79 Å². The molecule has 4 nitrogen and oxygen atoms in total. The van der Waals surface area contributed by atoms with Crippen LogP contribution in [0.25, 0.3) is 0 Å². The molecule has 0 unspecified atom stereocenters. The van der Waals surface area contributed by atoms with Gasteiger partial charge in [-0.05, 0) is 18.6 Å². The summed E-state index contributed by atoms with van der Waals surface area (Å²) in [4.78, 5) is 16.6. The van der Waals surface area contributed by atoms with Crippen LogP contribution in [0.5, 0.6) is 11.6 Å². The minimum absolute atomic E-state index is 0.0487. The maximum absolute atomic E-state index is 13.0. The highest BCUT2D eigenvalue weighted by atomic mass is 19.4. The Bertz CT molecular complexity index is 863. The molecule has 2 aromatic rings. The van der Waals surface area contributed by atoms with Crippen LogP contribution in [0.4, 0.5) is 32.0 Å². The summed E-state index contributed by atoms with van der Waals surface area (Å²) >= 11 is 0. The molecule has 0 N–H and O–H groups in total. The van der Waals surface area contributed by atoms with Crippen molar-refractivity contribution in [2.75, 3.05) is 11.4 Å². The van der Waals surface area contributed by atoms with Crippen molar-refractivity contribution in [1.82, 2.24) is 4.98 Å². The van der Waals surface area contributed by atoms with Gasteiger partial charge in [0.2, 0.25) is 11.8 Å². The molecule has 0 aliphatic carbocycles. The van der Waals surface area contributed by atoms with Gasteiger partial charge in [0.05, 0.1) is 11.1 Å². The Morgan fingerprint density at radius 2 is 1.70 bits per heavy atom. The number of ether oxygens (including phenoxy) is 1. The molecule has 0 atom stereocenters. The molecule has 10 heteroatoms. The Hall–Kier alpha value is -2.78. The number of rotatable bonds is 3. The monoisotopic (exact) mass is 390 g/mol. The number of amides is 1. The van der Waals surface area contributed by atoms with Gasteiger partial charge in [-0.15, -0.1) is 0 Å². The molecule has 1 saturated heterocycles. The van der Waals surface area contributed by atoms with E-state index in [1.807, 2.05) is 0 Å². The smallest absolute Gasteiger partial charge is 0.418 e. The number of hydrogen-bond donors (Lipinski definition) is 0. The standard InChI is InChI=1S/C17H12F6N2O2/c18-16(19,20)12-8-14(24-9-13(12)17(21,22)23)27-11-4-1-3-10(7-11)25-6-2-5-15(25)26/h1,3-4,7-9H,2,5-6H2. The normalized spacial score (nSPS) is 15.3. The fraction of sp³-hybridized carbons (Fsp3) is 0.294. The van der Waals surface area contributed by atoms with Crippen molar-refractivity contribution in [2.45, 2.75) is 25.2 Å². The number of carbonyl (C=O) groups excluding carboxylic acids is 1. The van der Waals surface area contributed by atoms with Crippen molar-refractivity contribution < 1.29 is 35.9 Å². The molecule has 1 aromatic carbocycles. The van der Waals surface area contributed by atoms with Crippen LogP contribution in [0.15, 0.2) is 36.5 Å². The number of anilines is 1. The number of benzene rings is 1. The number of hydrogen-bond acceptors (Lipinski definition) is 3. The second-order valence-electron chi connectivity index (χ2n) is 5.81. The van der Waals surface area contributed by atoms with Crippen molar-refractivity contribution in [3.63, 3.8) is 0 Å². The van der Waals surface area contributed by atoms with Gasteiger partial charge in [0.25, 0.3) is 0 Å². The fourth-order valence-corrected chi connectivity index (χ4v) is 2.71. The van der Waals surface area contributed by atoms with Gasteiger partial charge in [0.15, 0.2) is 0 Å². The maximum atomic E-state index is 13.0. The molecule has 1 fully saturated rings. The number of aromatic nitrogens is 1. The number of halogens is 6. The average molecular weight is 390 g/mol. The van der Waals surface area contributed by atoms with E-state index in [-0.39, 0.29) is 23.9 Å². The Kier molecular flexibility index (Phi) is 4.75. The van der Waals surface area contributed by atoms with E-state index >= 15 is 0 Å². The Morgan fingerprint density at radius 1 is 1.00 bits per heavy atom. The van der Waals surface area contributed by atoms with Gasteiger partial charge in [-0.2, -0.15) is 26.3 Å². The fourth-order valence-electron chi connectivity index (χ4n) is 2.71. The minimum atomic E-state index is -5.23. The third kappa shape index (κ3) is 4.15. The lowest BCUT2D eigenvalue weighted by Gasteiger charge is -2.18. The second-order valence-corrected chi connectivity index (χ2v) is 5.81. The van der Waals surface area contributed by atoms with E-state index in [0.717, 1.165) is 0 Å². The lowest BCUT2D eigenvalue weighted by molar-refractivity contribution is -0.162. The van der Waals surface area contributed by atoms with Crippen LogP contribution in [-0.2, 0) is 17.1 Å². The summed E-state index contributed by atoms with van der Waals surface area (Å²) < 4.78 is 82.5. The molecule has 3 rings (SSSR count). The zero-order valence-electron chi connectivity index (χ0n) is 13.6. The van der Waals surface area contributed by atoms with Crippen LogP contribution in [0, 0.1) is 0 Å². The summed E-state index contributed by atoms with van der Waals surface area (Å²) in [7, 11) is 0. The van der Waals surface area contributed by atoms with E-state index in [1.54, 1.807) is 6.07 Å². The average Bonchev–Trinajstić information content (AvgIpc) is 2.99.